The fourth-order valence-electron chi connectivity index (χ4n) is 2.98. The molecular weight excluding hydrogens is 242 g/mol. The summed E-state index contributed by atoms with van der Waals surface area (Å²) in [5, 5.41) is 0. The lowest BCUT2D eigenvalue weighted by molar-refractivity contribution is 0.109. The van der Waals surface area contributed by atoms with Crippen molar-refractivity contribution >= 4 is 11.3 Å². The summed E-state index contributed by atoms with van der Waals surface area (Å²) in [6, 6.07) is 1.64. The molecule has 0 saturated heterocycles. The van der Waals surface area contributed by atoms with Gasteiger partial charge in [0, 0.05) is 29.2 Å². The van der Waals surface area contributed by atoms with E-state index in [4.69, 9.17) is 5.73 Å². The average molecular weight is 267 g/mol. The maximum absolute atomic E-state index is 6.02. The Morgan fingerprint density at radius 3 is 2.72 bits per heavy atom. The third kappa shape index (κ3) is 3.31. The minimum atomic E-state index is 0.434. The van der Waals surface area contributed by atoms with Crippen LogP contribution in [0.25, 0.3) is 0 Å². The van der Waals surface area contributed by atoms with Crippen LogP contribution in [0.2, 0.25) is 0 Å². The van der Waals surface area contributed by atoms with Crippen LogP contribution in [0.3, 0.4) is 0 Å². The van der Waals surface area contributed by atoms with Crippen LogP contribution in [0.15, 0.2) is 11.7 Å². The minimum absolute atomic E-state index is 0.434. The summed E-state index contributed by atoms with van der Waals surface area (Å²) in [6.07, 6.45) is 8.10. The molecule has 0 aliphatic heterocycles. The molecule has 3 nitrogen and oxygen atoms in total. The summed E-state index contributed by atoms with van der Waals surface area (Å²) in [5.41, 5.74) is 7.95. The van der Waals surface area contributed by atoms with Gasteiger partial charge in [-0.25, -0.2) is 0 Å². The first-order valence-electron chi connectivity index (χ1n) is 7.12. The van der Waals surface area contributed by atoms with E-state index in [9.17, 15) is 0 Å². The molecule has 1 unspecified atom stereocenters. The van der Waals surface area contributed by atoms with E-state index in [1.54, 1.807) is 11.3 Å². The van der Waals surface area contributed by atoms with Gasteiger partial charge in [-0.05, 0) is 45.6 Å². The Morgan fingerprint density at radius 2 is 2.17 bits per heavy atom. The molecule has 1 fully saturated rings. The molecule has 0 aromatic carbocycles. The highest BCUT2D eigenvalue weighted by Crippen LogP contribution is 2.31. The van der Waals surface area contributed by atoms with Gasteiger partial charge in [0.2, 0.25) is 0 Å². The highest BCUT2D eigenvalue weighted by molar-refractivity contribution is 7.09. The van der Waals surface area contributed by atoms with Crippen molar-refractivity contribution in [2.75, 3.05) is 6.54 Å². The van der Waals surface area contributed by atoms with Gasteiger partial charge in [0.25, 0.3) is 0 Å². The van der Waals surface area contributed by atoms with Gasteiger partial charge in [-0.3, -0.25) is 9.88 Å². The molecule has 0 spiro atoms. The monoisotopic (exact) mass is 267 g/mol. The number of hydrogen-bond donors (Lipinski definition) is 1. The second kappa shape index (κ2) is 6.64. The predicted molar refractivity (Wildman–Crippen MR) is 77.8 cm³/mol. The quantitative estimate of drug-likeness (QED) is 0.891. The van der Waals surface area contributed by atoms with Gasteiger partial charge in [-0.2, -0.15) is 0 Å². The topological polar surface area (TPSA) is 42.1 Å². The number of rotatable bonds is 5. The predicted octanol–water partition coefficient (Wildman–Crippen LogP) is 3.19. The standard InChI is InChI=1S/C14H25N3S/c1-3-8-17(11(2)14-9-16-10-18-14)13-6-4-12(15)5-7-13/h9-13H,3-8,15H2,1-2H3. The van der Waals surface area contributed by atoms with Gasteiger partial charge in [0.1, 0.15) is 0 Å². The van der Waals surface area contributed by atoms with Crippen LogP contribution in [-0.2, 0) is 0 Å². The van der Waals surface area contributed by atoms with Gasteiger partial charge in [0.15, 0.2) is 0 Å². The molecule has 0 radical (unpaired) electrons. The maximum Gasteiger partial charge on any atom is 0.0794 e. The van der Waals surface area contributed by atoms with E-state index in [0.29, 0.717) is 18.1 Å². The summed E-state index contributed by atoms with van der Waals surface area (Å²) >= 11 is 1.77. The molecule has 1 atom stereocenters. The van der Waals surface area contributed by atoms with Gasteiger partial charge in [-0.1, -0.05) is 6.92 Å². The molecule has 2 rings (SSSR count). The Bertz CT molecular complexity index is 331. The Labute approximate surface area is 114 Å². The van der Waals surface area contributed by atoms with Crippen LogP contribution in [-0.4, -0.2) is 28.5 Å². The van der Waals surface area contributed by atoms with Crippen molar-refractivity contribution in [3.05, 3.63) is 16.6 Å². The highest BCUT2D eigenvalue weighted by atomic mass is 32.1. The van der Waals surface area contributed by atoms with Crippen LogP contribution in [0.5, 0.6) is 0 Å². The van der Waals surface area contributed by atoms with E-state index in [1.807, 2.05) is 11.7 Å². The number of thiazole rings is 1. The van der Waals surface area contributed by atoms with Gasteiger partial charge in [-0.15, -0.1) is 11.3 Å². The van der Waals surface area contributed by atoms with Crippen LogP contribution in [0, 0.1) is 0 Å². The lowest BCUT2D eigenvalue weighted by Crippen LogP contribution is -2.42. The maximum atomic E-state index is 6.02. The smallest absolute Gasteiger partial charge is 0.0794 e. The van der Waals surface area contributed by atoms with Crippen molar-refractivity contribution in [1.29, 1.82) is 0 Å². The molecule has 1 aliphatic rings. The molecule has 102 valence electrons. The molecule has 2 N–H and O–H groups in total. The van der Waals surface area contributed by atoms with Crippen molar-refractivity contribution in [3.63, 3.8) is 0 Å². The number of hydrogen-bond acceptors (Lipinski definition) is 4. The Kier molecular flexibility index (Phi) is 5.15. The minimum Gasteiger partial charge on any atom is -0.328 e. The SMILES string of the molecule is CCCN(C1CCC(N)CC1)C(C)c1cncs1. The molecule has 4 heteroatoms. The van der Waals surface area contributed by atoms with E-state index in [-0.39, 0.29) is 0 Å². The fraction of sp³-hybridized carbons (Fsp3) is 0.786. The van der Waals surface area contributed by atoms with E-state index >= 15 is 0 Å². The summed E-state index contributed by atoms with van der Waals surface area (Å²) in [7, 11) is 0. The number of aromatic nitrogens is 1. The molecule has 1 aromatic heterocycles. The molecule has 18 heavy (non-hydrogen) atoms. The third-order valence-electron chi connectivity index (χ3n) is 4.05. The van der Waals surface area contributed by atoms with Crippen LogP contribution >= 0.6 is 11.3 Å². The lowest BCUT2D eigenvalue weighted by Gasteiger charge is -2.39. The molecule has 1 aromatic rings. The van der Waals surface area contributed by atoms with Crippen molar-refractivity contribution in [3.8, 4) is 0 Å². The Hall–Kier alpha value is -0.450. The number of nitrogens with zero attached hydrogens (tertiary/aromatic N) is 2. The summed E-state index contributed by atoms with van der Waals surface area (Å²) in [6.45, 7) is 5.76. The Balaban J connectivity index is 2.03. The normalized spacial score (nSPS) is 26.4. The first-order chi connectivity index (χ1) is 8.72. The van der Waals surface area contributed by atoms with Crippen molar-refractivity contribution in [2.24, 2.45) is 5.73 Å². The lowest BCUT2D eigenvalue weighted by atomic mass is 9.90. The molecule has 0 amide bonds. The van der Waals surface area contributed by atoms with E-state index in [1.165, 1.54) is 43.5 Å². The molecule has 1 heterocycles. The van der Waals surface area contributed by atoms with Gasteiger partial charge < -0.3 is 5.73 Å². The van der Waals surface area contributed by atoms with Crippen LogP contribution in [0.1, 0.15) is 56.9 Å². The molecular formula is C14H25N3S. The largest absolute Gasteiger partial charge is 0.328 e. The summed E-state index contributed by atoms with van der Waals surface area (Å²) < 4.78 is 0. The second-order valence-electron chi connectivity index (χ2n) is 5.39. The van der Waals surface area contributed by atoms with Crippen molar-refractivity contribution < 1.29 is 0 Å². The van der Waals surface area contributed by atoms with E-state index < -0.39 is 0 Å². The van der Waals surface area contributed by atoms with Crippen LogP contribution < -0.4 is 5.73 Å². The highest BCUT2D eigenvalue weighted by Gasteiger charge is 2.28. The van der Waals surface area contributed by atoms with Crippen molar-refractivity contribution in [2.45, 2.75) is 64.1 Å². The van der Waals surface area contributed by atoms with E-state index in [2.05, 4.69) is 23.7 Å². The van der Waals surface area contributed by atoms with Gasteiger partial charge in [0.05, 0.1) is 5.51 Å². The van der Waals surface area contributed by atoms with Crippen LogP contribution in [0.4, 0.5) is 0 Å². The fourth-order valence-corrected chi connectivity index (χ4v) is 3.68. The second-order valence-corrected chi connectivity index (χ2v) is 6.30. The molecule has 1 aliphatic carbocycles. The third-order valence-corrected chi connectivity index (χ3v) is 5.00. The summed E-state index contributed by atoms with van der Waals surface area (Å²) in [4.78, 5) is 8.27. The average Bonchev–Trinajstić information content (AvgIpc) is 2.90. The first kappa shape index (κ1) is 14.0. The molecule has 0 bridgehead atoms. The van der Waals surface area contributed by atoms with E-state index in [0.717, 1.165) is 0 Å². The number of nitrogens with two attached hydrogens (primary N) is 1. The zero-order valence-electron chi connectivity index (χ0n) is 11.5. The molecule has 1 saturated carbocycles. The zero-order valence-corrected chi connectivity index (χ0v) is 12.3. The van der Waals surface area contributed by atoms with Gasteiger partial charge >= 0.3 is 0 Å². The Morgan fingerprint density at radius 1 is 1.44 bits per heavy atom. The first-order valence-corrected chi connectivity index (χ1v) is 8.00. The van der Waals surface area contributed by atoms with Crippen molar-refractivity contribution in [1.82, 2.24) is 9.88 Å². The summed E-state index contributed by atoms with van der Waals surface area (Å²) in [5.74, 6) is 0. The zero-order chi connectivity index (χ0) is 13.0.